The van der Waals surface area contributed by atoms with Crippen LogP contribution >= 0.6 is 0 Å². The van der Waals surface area contributed by atoms with Crippen LogP contribution in [0.5, 0.6) is 11.5 Å². The van der Waals surface area contributed by atoms with Gasteiger partial charge < -0.3 is 20.1 Å². The number of ether oxygens (including phenoxy) is 2. The van der Waals surface area contributed by atoms with Gasteiger partial charge in [-0.2, -0.15) is 0 Å². The summed E-state index contributed by atoms with van der Waals surface area (Å²) < 4.78 is 10.6. The SMILES string of the molecule is COc1cc(/C=C/c2cccc(NC(=O)NCC(C)C)c2)cc(OC)c1. The Balaban J connectivity index is 2.08. The van der Waals surface area contributed by atoms with Gasteiger partial charge in [0.05, 0.1) is 14.2 Å². The summed E-state index contributed by atoms with van der Waals surface area (Å²) in [6, 6.07) is 13.2. The fraction of sp³-hybridized carbons (Fsp3) is 0.286. The van der Waals surface area contributed by atoms with E-state index in [0.717, 1.165) is 28.3 Å². The molecule has 5 heteroatoms. The summed E-state index contributed by atoms with van der Waals surface area (Å²) in [6.07, 6.45) is 3.95. The van der Waals surface area contributed by atoms with Crippen LogP contribution in [0.25, 0.3) is 12.2 Å². The average molecular weight is 354 g/mol. The minimum Gasteiger partial charge on any atom is -0.497 e. The highest BCUT2D eigenvalue weighted by atomic mass is 16.5. The molecule has 0 unspecified atom stereocenters. The summed E-state index contributed by atoms with van der Waals surface area (Å²) >= 11 is 0. The van der Waals surface area contributed by atoms with Gasteiger partial charge in [0, 0.05) is 18.3 Å². The molecule has 0 aliphatic heterocycles. The number of nitrogens with one attached hydrogen (secondary N) is 2. The molecule has 0 spiro atoms. The average Bonchev–Trinajstić information content (AvgIpc) is 2.64. The van der Waals surface area contributed by atoms with E-state index >= 15 is 0 Å². The molecule has 138 valence electrons. The van der Waals surface area contributed by atoms with Crippen molar-refractivity contribution in [2.45, 2.75) is 13.8 Å². The van der Waals surface area contributed by atoms with Crippen LogP contribution in [-0.2, 0) is 0 Å². The number of rotatable bonds is 7. The van der Waals surface area contributed by atoms with E-state index in [1.807, 2.05) is 54.6 Å². The molecule has 0 aliphatic rings. The van der Waals surface area contributed by atoms with Gasteiger partial charge in [0.15, 0.2) is 0 Å². The quantitative estimate of drug-likeness (QED) is 0.712. The van der Waals surface area contributed by atoms with Crippen LogP contribution in [0.2, 0.25) is 0 Å². The van der Waals surface area contributed by atoms with Crippen molar-refractivity contribution < 1.29 is 14.3 Å². The molecule has 0 aromatic heterocycles. The highest BCUT2D eigenvalue weighted by Gasteiger charge is 2.03. The van der Waals surface area contributed by atoms with E-state index in [0.29, 0.717) is 12.5 Å². The predicted octanol–water partition coefficient (Wildman–Crippen LogP) is 4.65. The fourth-order valence-corrected chi connectivity index (χ4v) is 2.31. The molecule has 0 radical (unpaired) electrons. The third-order valence-corrected chi connectivity index (χ3v) is 3.66. The molecule has 2 aromatic rings. The van der Waals surface area contributed by atoms with Crippen molar-refractivity contribution in [1.82, 2.24) is 5.32 Å². The lowest BCUT2D eigenvalue weighted by atomic mass is 10.1. The smallest absolute Gasteiger partial charge is 0.319 e. The maximum Gasteiger partial charge on any atom is 0.319 e. The van der Waals surface area contributed by atoms with E-state index in [1.54, 1.807) is 14.2 Å². The van der Waals surface area contributed by atoms with Gasteiger partial charge in [0.25, 0.3) is 0 Å². The van der Waals surface area contributed by atoms with Crippen molar-refractivity contribution in [2.24, 2.45) is 5.92 Å². The molecule has 0 aliphatic carbocycles. The Bertz CT molecular complexity index is 747. The van der Waals surface area contributed by atoms with Crippen LogP contribution in [-0.4, -0.2) is 26.8 Å². The normalized spacial score (nSPS) is 10.8. The van der Waals surface area contributed by atoms with Crippen LogP contribution in [0.4, 0.5) is 10.5 Å². The number of hydrogen-bond acceptors (Lipinski definition) is 3. The maximum atomic E-state index is 11.9. The molecule has 2 rings (SSSR count). The Kier molecular flexibility index (Phi) is 7.09. The number of carbonyl (C=O) groups excluding carboxylic acids is 1. The van der Waals surface area contributed by atoms with Crippen LogP contribution in [0, 0.1) is 5.92 Å². The summed E-state index contributed by atoms with van der Waals surface area (Å²) in [5, 5.41) is 5.69. The topological polar surface area (TPSA) is 59.6 Å². The summed E-state index contributed by atoms with van der Waals surface area (Å²) in [5.74, 6) is 1.89. The zero-order valence-corrected chi connectivity index (χ0v) is 15.7. The van der Waals surface area contributed by atoms with Crippen molar-refractivity contribution in [1.29, 1.82) is 0 Å². The van der Waals surface area contributed by atoms with Gasteiger partial charge in [-0.3, -0.25) is 0 Å². The van der Waals surface area contributed by atoms with E-state index in [4.69, 9.17) is 9.47 Å². The monoisotopic (exact) mass is 354 g/mol. The van der Waals surface area contributed by atoms with Crippen molar-refractivity contribution in [3.63, 3.8) is 0 Å². The molecule has 26 heavy (non-hydrogen) atoms. The molecule has 0 saturated carbocycles. The first-order valence-electron chi connectivity index (χ1n) is 8.56. The lowest BCUT2D eigenvalue weighted by Crippen LogP contribution is -2.31. The largest absolute Gasteiger partial charge is 0.497 e. The number of benzene rings is 2. The Morgan fingerprint density at radius 1 is 1.00 bits per heavy atom. The van der Waals surface area contributed by atoms with Crippen molar-refractivity contribution in [3.8, 4) is 11.5 Å². The second kappa shape index (κ2) is 9.51. The molecule has 2 N–H and O–H groups in total. The van der Waals surface area contributed by atoms with Gasteiger partial charge >= 0.3 is 6.03 Å². The zero-order chi connectivity index (χ0) is 18.9. The highest BCUT2D eigenvalue weighted by Crippen LogP contribution is 2.24. The van der Waals surface area contributed by atoms with Gasteiger partial charge in [-0.05, 0) is 41.3 Å². The first-order chi connectivity index (χ1) is 12.5. The number of carbonyl (C=O) groups is 1. The third kappa shape index (κ3) is 6.16. The number of methoxy groups -OCH3 is 2. The summed E-state index contributed by atoms with van der Waals surface area (Å²) in [5.41, 5.74) is 2.69. The molecule has 5 nitrogen and oxygen atoms in total. The molecule has 0 fully saturated rings. The van der Waals surface area contributed by atoms with Crippen molar-refractivity contribution in [2.75, 3.05) is 26.1 Å². The highest BCUT2D eigenvalue weighted by molar-refractivity contribution is 5.89. The number of anilines is 1. The Labute approximate surface area is 155 Å². The second-order valence-electron chi connectivity index (χ2n) is 6.33. The number of amides is 2. The maximum absolute atomic E-state index is 11.9. The third-order valence-electron chi connectivity index (χ3n) is 3.66. The van der Waals surface area contributed by atoms with Crippen molar-refractivity contribution >= 4 is 23.9 Å². The predicted molar refractivity (Wildman–Crippen MR) is 107 cm³/mol. The standard InChI is InChI=1S/C21H26N2O3/c1-15(2)14-22-21(24)23-18-7-5-6-16(10-18)8-9-17-11-19(25-3)13-20(12-17)26-4/h5-13,15H,14H2,1-4H3,(H2,22,23,24)/b9-8+. The van der Waals surface area contributed by atoms with Crippen LogP contribution < -0.4 is 20.1 Å². The lowest BCUT2D eigenvalue weighted by Gasteiger charge is -2.10. The second-order valence-corrected chi connectivity index (χ2v) is 6.33. The Hall–Kier alpha value is -2.95. The van der Waals surface area contributed by atoms with E-state index in [1.165, 1.54) is 0 Å². The molecule has 2 aromatic carbocycles. The summed E-state index contributed by atoms with van der Waals surface area (Å²) in [7, 11) is 3.25. The molecule has 0 atom stereocenters. The minimum absolute atomic E-state index is 0.197. The van der Waals surface area contributed by atoms with E-state index in [2.05, 4.69) is 24.5 Å². The van der Waals surface area contributed by atoms with Gasteiger partial charge in [-0.25, -0.2) is 4.79 Å². The van der Waals surface area contributed by atoms with E-state index in [-0.39, 0.29) is 6.03 Å². The molecular formula is C21H26N2O3. The first-order valence-corrected chi connectivity index (χ1v) is 8.56. The van der Waals surface area contributed by atoms with Crippen LogP contribution in [0.1, 0.15) is 25.0 Å². The number of urea groups is 1. The van der Waals surface area contributed by atoms with Gasteiger partial charge in [-0.15, -0.1) is 0 Å². The molecule has 0 heterocycles. The zero-order valence-electron chi connectivity index (χ0n) is 15.7. The lowest BCUT2D eigenvalue weighted by molar-refractivity contribution is 0.251. The van der Waals surface area contributed by atoms with Gasteiger partial charge in [-0.1, -0.05) is 38.1 Å². The van der Waals surface area contributed by atoms with Crippen molar-refractivity contribution in [3.05, 3.63) is 53.6 Å². The summed E-state index contributed by atoms with van der Waals surface area (Å²) in [4.78, 5) is 11.9. The molecular weight excluding hydrogens is 328 g/mol. The molecule has 0 bridgehead atoms. The molecule has 2 amide bonds. The van der Waals surface area contributed by atoms with Gasteiger partial charge in [0.1, 0.15) is 11.5 Å². The first kappa shape index (κ1) is 19.4. The molecule has 0 saturated heterocycles. The van der Waals surface area contributed by atoms with Gasteiger partial charge in [0.2, 0.25) is 0 Å². The van der Waals surface area contributed by atoms with E-state index < -0.39 is 0 Å². The van der Waals surface area contributed by atoms with Crippen LogP contribution in [0.3, 0.4) is 0 Å². The summed E-state index contributed by atoms with van der Waals surface area (Å²) in [6.45, 7) is 4.75. The van der Waals surface area contributed by atoms with E-state index in [9.17, 15) is 4.79 Å². The Morgan fingerprint density at radius 3 is 2.27 bits per heavy atom. The fourth-order valence-electron chi connectivity index (χ4n) is 2.31. The number of hydrogen-bond donors (Lipinski definition) is 2. The van der Waals surface area contributed by atoms with Crippen LogP contribution in [0.15, 0.2) is 42.5 Å². The minimum atomic E-state index is -0.197. The Morgan fingerprint density at radius 2 is 1.65 bits per heavy atom.